The van der Waals surface area contributed by atoms with Crippen molar-refractivity contribution < 1.29 is 0 Å². The van der Waals surface area contributed by atoms with Gasteiger partial charge in [0.1, 0.15) is 0 Å². The number of hydrogen-bond donors (Lipinski definition) is 0. The smallest absolute Gasteiger partial charge is 0.0717 e. The summed E-state index contributed by atoms with van der Waals surface area (Å²) in [6.07, 6.45) is 0. The van der Waals surface area contributed by atoms with Crippen LogP contribution < -0.4 is 0 Å². The number of thioether (sulfide) groups is 8. The average molecular weight is 389 g/mol. The third-order valence-corrected chi connectivity index (χ3v) is 14.4. The molecule has 0 amide bonds. The first-order chi connectivity index (χ1) is 8.90. The van der Waals surface area contributed by atoms with Crippen molar-refractivity contribution in [2.24, 2.45) is 0 Å². The minimum atomic E-state index is 1.28. The van der Waals surface area contributed by atoms with E-state index in [-0.39, 0.29) is 0 Å². The molecule has 4 aliphatic heterocycles. The molecule has 0 fully saturated rings. The van der Waals surface area contributed by atoms with Gasteiger partial charge in [0.15, 0.2) is 0 Å². The molecule has 18 heavy (non-hydrogen) atoms. The lowest BCUT2D eigenvalue weighted by molar-refractivity contribution is 1.56. The Morgan fingerprint density at radius 3 is 0.944 bits per heavy atom. The lowest BCUT2D eigenvalue weighted by Gasteiger charge is -2.08. The predicted octanol–water partition coefficient (Wildman–Crippen LogP) is 6.29. The fourth-order valence-corrected chi connectivity index (χ4v) is 13.8. The number of rotatable bonds is 0. The normalized spacial score (nSPS) is 28.0. The summed E-state index contributed by atoms with van der Waals surface area (Å²) < 4.78 is 9.31. The highest BCUT2D eigenvalue weighted by Gasteiger charge is 2.32. The second-order valence-corrected chi connectivity index (χ2v) is 13.6. The standard InChI is InChI=1S/C10H8S8/c1-2-12-6-5(11-1)15-9(16-6)10-17-7-8(18-10)14-4-3-13-7/h1-4H2/i1+1,2+1,3+1,4+1. The van der Waals surface area contributed by atoms with Gasteiger partial charge in [-0.3, -0.25) is 0 Å². The Morgan fingerprint density at radius 1 is 0.389 bits per heavy atom. The maximum atomic E-state index is 2.05. The highest BCUT2D eigenvalue weighted by atomic mass is 32.3. The number of hydrogen-bond acceptors (Lipinski definition) is 8. The summed E-state index contributed by atoms with van der Waals surface area (Å²) >= 11 is 16.2. The molecule has 4 aliphatic rings. The largest absolute Gasteiger partial charge is 0.116 e. The molecular formula is C10H8S8. The Hall–Kier alpha value is 2.02. The van der Waals surface area contributed by atoms with Gasteiger partial charge in [-0.1, -0.05) is 47.0 Å². The van der Waals surface area contributed by atoms with Crippen molar-refractivity contribution in [2.75, 3.05) is 23.0 Å². The SMILES string of the molecule is [13CH2]1[13CH2]SC2=C(S1)SC(=C1SC3=C(S[13CH2][13CH2]S3)S1)S2. The molecular weight excluding hydrogens is 381 g/mol. The molecule has 0 aromatic carbocycles. The first kappa shape index (κ1) is 13.7. The summed E-state index contributed by atoms with van der Waals surface area (Å²) in [5.74, 6) is 5.11. The van der Waals surface area contributed by atoms with Crippen LogP contribution in [-0.4, -0.2) is 23.0 Å². The molecule has 0 bridgehead atoms. The Balaban J connectivity index is 1.54. The Kier molecular flexibility index (Phi) is 4.57. The molecule has 4 rings (SSSR count). The third kappa shape index (κ3) is 2.69. The third-order valence-electron chi connectivity index (χ3n) is 2.34. The van der Waals surface area contributed by atoms with Crippen molar-refractivity contribution >= 4 is 94.1 Å². The van der Waals surface area contributed by atoms with E-state index < -0.39 is 0 Å². The van der Waals surface area contributed by atoms with E-state index in [0.29, 0.717) is 0 Å². The minimum Gasteiger partial charge on any atom is -0.116 e. The van der Waals surface area contributed by atoms with Gasteiger partial charge in [-0.2, -0.15) is 0 Å². The van der Waals surface area contributed by atoms with E-state index in [1.54, 1.807) is 16.9 Å². The van der Waals surface area contributed by atoms with Gasteiger partial charge in [-0.05, 0) is 0 Å². The molecule has 0 saturated carbocycles. The monoisotopic (exact) mass is 388 g/mol. The highest BCUT2D eigenvalue weighted by molar-refractivity contribution is 8.45. The highest BCUT2D eigenvalue weighted by Crippen LogP contribution is 2.67. The van der Waals surface area contributed by atoms with Crippen molar-refractivity contribution in [1.29, 1.82) is 0 Å². The maximum Gasteiger partial charge on any atom is 0.0717 e. The summed E-state index contributed by atoms with van der Waals surface area (Å²) in [5.41, 5.74) is 0. The van der Waals surface area contributed by atoms with E-state index in [1.807, 2.05) is 94.1 Å². The van der Waals surface area contributed by atoms with Crippen LogP contribution in [0.25, 0.3) is 0 Å². The van der Waals surface area contributed by atoms with Crippen LogP contribution in [0.5, 0.6) is 0 Å². The average Bonchev–Trinajstić information content (AvgIpc) is 3.02. The fourth-order valence-electron chi connectivity index (χ4n) is 1.60. The van der Waals surface area contributed by atoms with Gasteiger partial charge >= 0.3 is 0 Å². The fraction of sp³-hybridized carbons (Fsp3) is 0.400. The molecule has 0 radical (unpaired) electrons. The molecule has 4 heterocycles. The Morgan fingerprint density at radius 2 is 0.667 bits per heavy atom. The van der Waals surface area contributed by atoms with E-state index in [1.165, 1.54) is 31.5 Å². The van der Waals surface area contributed by atoms with Crippen molar-refractivity contribution in [1.82, 2.24) is 0 Å². The molecule has 0 aromatic heterocycles. The molecule has 0 unspecified atom stereocenters. The Bertz CT molecular complexity index is 404. The molecule has 0 atom stereocenters. The second kappa shape index (κ2) is 6.02. The minimum absolute atomic E-state index is 1.28. The molecule has 8 heteroatoms. The summed E-state index contributed by atoms with van der Waals surface area (Å²) in [4.78, 5) is 0. The molecule has 0 nitrogen and oxygen atoms in total. The first-order valence-corrected chi connectivity index (χ1v) is 12.6. The van der Waals surface area contributed by atoms with Crippen molar-refractivity contribution in [3.05, 3.63) is 25.4 Å². The van der Waals surface area contributed by atoms with E-state index in [4.69, 9.17) is 0 Å². The topological polar surface area (TPSA) is 0 Å². The molecule has 0 aliphatic carbocycles. The molecule has 0 spiro atoms. The zero-order valence-electron chi connectivity index (χ0n) is 9.09. The van der Waals surface area contributed by atoms with E-state index in [9.17, 15) is 0 Å². The van der Waals surface area contributed by atoms with Crippen LogP contribution in [0.4, 0.5) is 0 Å². The van der Waals surface area contributed by atoms with Crippen LogP contribution in [0.1, 0.15) is 0 Å². The summed E-state index contributed by atoms with van der Waals surface area (Å²) in [6.45, 7) is 0. The van der Waals surface area contributed by atoms with Crippen molar-refractivity contribution in [3.8, 4) is 0 Å². The zero-order valence-corrected chi connectivity index (χ0v) is 15.6. The van der Waals surface area contributed by atoms with Crippen LogP contribution in [0, 0.1) is 0 Å². The zero-order chi connectivity index (χ0) is 11.9. The van der Waals surface area contributed by atoms with Gasteiger partial charge in [0.05, 0.1) is 25.4 Å². The van der Waals surface area contributed by atoms with E-state index in [2.05, 4.69) is 0 Å². The van der Waals surface area contributed by atoms with Crippen LogP contribution >= 0.6 is 94.1 Å². The van der Waals surface area contributed by atoms with Gasteiger partial charge in [0.25, 0.3) is 0 Å². The van der Waals surface area contributed by atoms with Crippen LogP contribution in [0.2, 0.25) is 0 Å². The lowest BCUT2D eigenvalue weighted by atomic mass is 11.2. The maximum absolute atomic E-state index is 2.05. The molecule has 0 saturated heterocycles. The lowest BCUT2D eigenvalue weighted by Crippen LogP contribution is -1.88. The van der Waals surface area contributed by atoms with Gasteiger partial charge in [-0.25, -0.2) is 0 Å². The van der Waals surface area contributed by atoms with E-state index >= 15 is 0 Å². The predicted molar refractivity (Wildman–Crippen MR) is 101 cm³/mol. The quantitative estimate of drug-likeness (QED) is 0.439. The van der Waals surface area contributed by atoms with Gasteiger partial charge in [0.2, 0.25) is 0 Å². The first-order valence-electron chi connectivity index (χ1n) is 5.35. The van der Waals surface area contributed by atoms with Crippen LogP contribution in [-0.2, 0) is 0 Å². The second-order valence-electron chi connectivity index (χ2n) is 3.53. The van der Waals surface area contributed by atoms with Crippen molar-refractivity contribution in [3.63, 3.8) is 0 Å². The van der Waals surface area contributed by atoms with E-state index in [0.717, 1.165) is 0 Å². The molecule has 0 N–H and O–H groups in total. The van der Waals surface area contributed by atoms with Crippen LogP contribution in [0.15, 0.2) is 25.4 Å². The van der Waals surface area contributed by atoms with Crippen LogP contribution in [0.3, 0.4) is 0 Å². The van der Waals surface area contributed by atoms with Gasteiger partial charge in [0, 0.05) is 23.0 Å². The Labute approximate surface area is 141 Å². The van der Waals surface area contributed by atoms with Gasteiger partial charge in [-0.15, -0.1) is 47.0 Å². The summed E-state index contributed by atoms with van der Waals surface area (Å²) in [5, 5.41) is 0. The van der Waals surface area contributed by atoms with Gasteiger partial charge < -0.3 is 0 Å². The van der Waals surface area contributed by atoms with Crippen molar-refractivity contribution in [2.45, 2.75) is 0 Å². The molecule has 0 aromatic rings. The molecule has 96 valence electrons. The summed E-state index contributed by atoms with van der Waals surface area (Å²) in [7, 11) is 0. The summed E-state index contributed by atoms with van der Waals surface area (Å²) in [6, 6.07) is 0.